The van der Waals surface area contributed by atoms with Gasteiger partial charge in [0.25, 0.3) is 30.1 Å². The largest absolute Gasteiger partial charge is 0.497 e. The number of imidazole rings is 2. The highest BCUT2D eigenvalue weighted by atomic mass is 32.2. The van der Waals surface area contributed by atoms with Gasteiger partial charge in [0.05, 0.1) is 64.7 Å². The lowest BCUT2D eigenvalue weighted by Crippen LogP contribution is -2.21. The number of rotatable bonds is 14. The summed E-state index contributed by atoms with van der Waals surface area (Å²) in [5, 5.41) is 0. The number of H-pyrrole nitrogens is 1. The molecule has 7 rings (SSSR count). The van der Waals surface area contributed by atoms with E-state index in [1.165, 1.54) is 91.2 Å². The van der Waals surface area contributed by atoms with Crippen LogP contribution in [0.5, 0.6) is 34.5 Å². The molecule has 2 aromatic heterocycles. The zero-order valence-electron chi connectivity index (χ0n) is 32.3. The molecule has 18 nitrogen and oxygen atoms in total. The number of benzene rings is 5. The smallest absolute Gasteiger partial charge is 0.274 e. The van der Waals surface area contributed by atoms with E-state index in [1.54, 1.807) is 36.4 Å². The Labute approximate surface area is 339 Å². The first-order valence-corrected chi connectivity index (χ1v) is 21.5. The van der Waals surface area contributed by atoms with Crippen molar-refractivity contribution in [3.05, 3.63) is 103 Å². The number of hydrogen-bond donors (Lipinski definition) is 3. The monoisotopic (exact) mass is 866 g/mol. The molecule has 0 aliphatic carbocycles. The molecule has 0 unspecified atom stereocenters. The number of anilines is 2. The van der Waals surface area contributed by atoms with Crippen LogP contribution in [-0.2, 0) is 30.1 Å². The lowest BCUT2D eigenvalue weighted by Gasteiger charge is -2.16. The van der Waals surface area contributed by atoms with E-state index in [0.717, 1.165) is 9.49 Å². The summed E-state index contributed by atoms with van der Waals surface area (Å²) >= 11 is 0. The van der Waals surface area contributed by atoms with Gasteiger partial charge in [-0.1, -0.05) is 24.3 Å². The fraction of sp³-hybridized carbons (Fsp3) is 0.158. The molecule has 0 amide bonds. The van der Waals surface area contributed by atoms with Gasteiger partial charge in [0.2, 0.25) is 11.9 Å². The quantitative estimate of drug-likeness (QED) is 0.123. The highest BCUT2D eigenvalue weighted by Crippen LogP contribution is 2.36. The van der Waals surface area contributed by atoms with Crippen LogP contribution >= 0.6 is 0 Å². The van der Waals surface area contributed by atoms with E-state index in [2.05, 4.69) is 24.4 Å². The average Bonchev–Trinajstić information content (AvgIpc) is 3.83. The first-order valence-electron chi connectivity index (χ1n) is 17.1. The molecular formula is C38H38N6O12S3. The van der Waals surface area contributed by atoms with Crippen LogP contribution in [0.2, 0.25) is 0 Å². The summed E-state index contributed by atoms with van der Waals surface area (Å²) in [6.45, 7) is 0. The number of sulfonamides is 2. The van der Waals surface area contributed by atoms with Crippen molar-refractivity contribution in [2.24, 2.45) is 0 Å². The van der Waals surface area contributed by atoms with Crippen LogP contribution in [0.25, 0.3) is 22.1 Å². The molecule has 0 saturated heterocycles. The van der Waals surface area contributed by atoms with Crippen LogP contribution in [-0.4, -0.2) is 86.8 Å². The van der Waals surface area contributed by atoms with Crippen molar-refractivity contribution in [1.82, 2.24) is 18.9 Å². The van der Waals surface area contributed by atoms with Gasteiger partial charge in [-0.15, -0.1) is 0 Å². The zero-order valence-corrected chi connectivity index (χ0v) is 34.7. The summed E-state index contributed by atoms with van der Waals surface area (Å²) < 4.78 is 116. The predicted molar refractivity (Wildman–Crippen MR) is 219 cm³/mol. The lowest BCUT2D eigenvalue weighted by atomic mass is 10.3. The van der Waals surface area contributed by atoms with Crippen molar-refractivity contribution in [3.8, 4) is 34.5 Å². The van der Waals surface area contributed by atoms with Crippen molar-refractivity contribution >= 4 is 64.0 Å². The van der Waals surface area contributed by atoms with E-state index in [4.69, 9.17) is 28.4 Å². The zero-order chi connectivity index (χ0) is 42.5. The molecule has 0 spiro atoms. The number of nitrogens with one attached hydrogen (secondary N) is 3. The van der Waals surface area contributed by atoms with Gasteiger partial charge in [-0.25, -0.2) is 44.7 Å². The number of aromatic nitrogens is 4. The van der Waals surface area contributed by atoms with Crippen LogP contribution in [0.3, 0.4) is 0 Å². The Balaban J connectivity index is 0.000000219. The number of nitrogens with zero attached hydrogens (tertiary/aromatic N) is 3. The van der Waals surface area contributed by atoms with E-state index in [0.29, 0.717) is 11.3 Å². The molecular weight excluding hydrogens is 829 g/mol. The van der Waals surface area contributed by atoms with Crippen molar-refractivity contribution in [1.29, 1.82) is 0 Å². The minimum atomic E-state index is -4.45. The van der Waals surface area contributed by atoms with Crippen LogP contribution in [0.1, 0.15) is 0 Å². The van der Waals surface area contributed by atoms with Gasteiger partial charge in [-0.2, -0.15) is 3.97 Å². The number of hydrogen-bond acceptors (Lipinski definition) is 14. The van der Waals surface area contributed by atoms with Gasteiger partial charge >= 0.3 is 0 Å². The summed E-state index contributed by atoms with van der Waals surface area (Å²) in [5.41, 5.74) is 1.81. The fourth-order valence-electron chi connectivity index (χ4n) is 5.74. The minimum Gasteiger partial charge on any atom is -0.497 e. The van der Waals surface area contributed by atoms with E-state index in [9.17, 15) is 25.3 Å². The number of fused-ring (bicyclic) bond motifs is 2. The maximum atomic E-state index is 13.9. The topological polar surface area (TPSA) is 228 Å². The molecule has 3 N–H and O–H groups in total. The van der Waals surface area contributed by atoms with Crippen molar-refractivity contribution in [2.75, 3.05) is 52.1 Å². The van der Waals surface area contributed by atoms with Crippen molar-refractivity contribution in [3.63, 3.8) is 0 Å². The van der Waals surface area contributed by atoms with Crippen LogP contribution in [0, 0.1) is 0 Å². The molecule has 0 fully saturated rings. The Hall–Kier alpha value is -6.71. The van der Waals surface area contributed by atoms with Gasteiger partial charge < -0.3 is 33.4 Å². The lowest BCUT2D eigenvalue weighted by molar-refractivity contribution is 0.392. The second-order valence-electron chi connectivity index (χ2n) is 12.1. The average molecular weight is 867 g/mol. The van der Waals surface area contributed by atoms with Crippen molar-refractivity contribution < 1.29 is 53.7 Å². The summed E-state index contributed by atoms with van der Waals surface area (Å²) in [5.74, 6) is 0.910. The number of ether oxygens (including phenoxy) is 6. The van der Waals surface area contributed by atoms with E-state index in [-0.39, 0.29) is 60.4 Å². The molecule has 5 aromatic carbocycles. The standard InChI is InChI=1S/C23H23N3O8S2.C15H15N3O4S/c1-31-15-9-11-19(33-3)21(13-15)35(27,28)25-23-24-17-7-5-6-8-18(17)26(23)36(29,30)22-14-16(32-2)10-12-20(22)34-4;1-21-10-7-8-13(22-2)14(9-10)23(19,20)18-15-16-11-5-3-4-6-12(11)17-15/h5-14H,1-4H3,(H,24,25);3-9H,1-2H3,(H2,16,17,18). The molecule has 0 bridgehead atoms. The van der Waals surface area contributed by atoms with Crippen molar-refractivity contribution in [2.45, 2.75) is 14.7 Å². The third-order valence-electron chi connectivity index (χ3n) is 8.57. The van der Waals surface area contributed by atoms with E-state index >= 15 is 0 Å². The van der Waals surface area contributed by atoms with Crippen LogP contribution in [0.15, 0.2) is 118 Å². The molecule has 2 heterocycles. The molecule has 0 radical (unpaired) electrons. The Morgan fingerprint density at radius 2 is 0.966 bits per heavy atom. The Kier molecular flexibility index (Phi) is 12.1. The maximum Gasteiger partial charge on any atom is 0.274 e. The highest BCUT2D eigenvalue weighted by Gasteiger charge is 2.31. The van der Waals surface area contributed by atoms with E-state index in [1.807, 2.05) is 18.2 Å². The Morgan fingerprint density at radius 1 is 0.508 bits per heavy atom. The normalized spacial score (nSPS) is 11.6. The van der Waals surface area contributed by atoms with E-state index < -0.39 is 36.0 Å². The highest BCUT2D eigenvalue weighted by molar-refractivity contribution is 7.93. The molecule has 0 saturated carbocycles. The summed E-state index contributed by atoms with van der Waals surface area (Å²) in [6.07, 6.45) is 0. The molecule has 59 heavy (non-hydrogen) atoms. The molecule has 0 atom stereocenters. The first kappa shape index (κ1) is 41.9. The minimum absolute atomic E-state index is 0.0280. The number of methoxy groups -OCH3 is 6. The number of para-hydroxylation sites is 4. The van der Waals surface area contributed by atoms with Crippen LogP contribution < -0.4 is 37.9 Å². The molecule has 7 aromatic rings. The molecule has 21 heteroatoms. The first-order chi connectivity index (χ1) is 28.2. The fourth-order valence-corrected chi connectivity index (χ4v) is 9.72. The summed E-state index contributed by atoms with van der Waals surface area (Å²) in [6, 6.07) is 26.6. The molecule has 0 aliphatic rings. The Morgan fingerprint density at radius 3 is 1.47 bits per heavy atom. The third-order valence-corrected chi connectivity index (χ3v) is 13.0. The second-order valence-corrected chi connectivity index (χ2v) is 17.1. The molecule has 310 valence electrons. The second kappa shape index (κ2) is 17.0. The number of aromatic amines is 1. The molecule has 0 aliphatic heterocycles. The van der Waals surface area contributed by atoms with Gasteiger partial charge in [-0.3, -0.25) is 0 Å². The Bertz CT molecular complexity index is 2960. The maximum absolute atomic E-state index is 13.9. The SMILES string of the molecule is COc1ccc(OC)c(S(=O)(=O)Nc2nc3ccccc3[nH]2)c1.COc1ccc(OC)c(S(=O)(=O)Nc2nc3ccccc3n2S(=O)(=O)c2cc(OC)ccc2OC)c1. The van der Waals surface area contributed by atoms with Gasteiger partial charge in [0.15, 0.2) is 0 Å². The summed E-state index contributed by atoms with van der Waals surface area (Å²) in [4.78, 5) is 10.8. The third kappa shape index (κ3) is 8.61. The van der Waals surface area contributed by atoms with Gasteiger partial charge in [0, 0.05) is 18.2 Å². The van der Waals surface area contributed by atoms with Gasteiger partial charge in [-0.05, 0) is 60.7 Å². The summed E-state index contributed by atoms with van der Waals surface area (Å²) in [7, 11) is -4.43. The van der Waals surface area contributed by atoms with Crippen LogP contribution in [0.4, 0.5) is 11.9 Å². The predicted octanol–water partition coefficient (Wildman–Crippen LogP) is 5.49. The van der Waals surface area contributed by atoms with Gasteiger partial charge in [0.1, 0.15) is 49.2 Å².